The van der Waals surface area contributed by atoms with Crippen LogP contribution in [-0.4, -0.2) is 42.0 Å². The van der Waals surface area contributed by atoms with Gasteiger partial charge in [0.2, 0.25) is 0 Å². The van der Waals surface area contributed by atoms with Crippen LogP contribution in [0.5, 0.6) is 0 Å². The molecule has 1 aliphatic heterocycles. The molecule has 4 rings (SSSR count). The molecule has 0 atom stereocenters. The quantitative estimate of drug-likeness (QED) is 0.554. The Kier molecular flexibility index (Phi) is 6.53. The molecule has 2 heterocycles. The van der Waals surface area contributed by atoms with E-state index in [-0.39, 0.29) is 5.91 Å². The summed E-state index contributed by atoms with van der Waals surface area (Å²) >= 11 is 0. The average molecular weight is 404 g/mol. The molecule has 0 saturated carbocycles. The standard InChI is InChI=1S/C26H33N3O/c1-19-20(2)28-25-10-9-23(18-24(19)25)26(30)27-13-6-14-29-15-11-22(12-16-29)17-21-7-4-3-5-8-21/h3-5,7-10,18,22,28H,6,11-17H2,1-2H3,(H,27,30). The van der Waals surface area contributed by atoms with E-state index in [0.717, 1.165) is 47.6 Å². The van der Waals surface area contributed by atoms with Gasteiger partial charge in [-0.1, -0.05) is 30.3 Å². The Hall–Kier alpha value is -2.59. The monoisotopic (exact) mass is 403 g/mol. The number of aryl methyl sites for hydroxylation is 2. The van der Waals surface area contributed by atoms with Crippen LogP contribution < -0.4 is 5.32 Å². The van der Waals surface area contributed by atoms with E-state index in [4.69, 9.17) is 0 Å². The number of fused-ring (bicyclic) bond motifs is 1. The molecule has 2 aromatic carbocycles. The fraction of sp³-hybridized carbons (Fsp3) is 0.423. The van der Waals surface area contributed by atoms with Gasteiger partial charge in [0.15, 0.2) is 0 Å². The molecule has 3 aromatic rings. The first-order chi connectivity index (χ1) is 14.6. The molecular weight excluding hydrogens is 370 g/mol. The summed E-state index contributed by atoms with van der Waals surface area (Å²) in [6.07, 6.45) is 4.75. The zero-order chi connectivity index (χ0) is 20.9. The number of rotatable bonds is 7. The van der Waals surface area contributed by atoms with Crippen LogP contribution in [0.25, 0.3) is 10.9 Å². The minimum absolute atomic E-state index is 0.0247. The Labute approximate surface area is 179 Å². The van der Waals surface area contributed by atoms with E-state index >= 15 is 0 Å². The lowest BCUT2D eigenvalue weighted by Crippen LogP contribution is -2.36. The largest absolute Gasteiger partial charge is 0.358 e. The molecule has 1 fully saturated rings. The van der Waals surface area contributed by atoms with Crippen LogP contribution in [0.3, 0.4) is 0 Å². The molecule has 1 aromatic heterocycles. The SMILES string of the molecule is Cc1[nH]c2ccc(C(=O)NCCCN3CCC(Cc4ccccc4)CC3)cc2c1C. The van der Waals surface area contributed by atoms with Crippen molar-refractivity contribution in [2.45, 2.75) is 39.5 Å². The van der Waals surface area contributed by atoms with Crippen LogP contribution in [0.1, 0.15) is 46.4 Å². The molecule has 1 amide bonds. The number of amides is 1. The van der Waals surface area contributed by atoms with Crippen molar-refractivity contribution in [2.24, 2.45) is 5.92 Å². The minimum Gasteiger partial charge on any atom is -0.358 e. The summed E-state index contributed by atoms with van der Waals surface area (Å²) in [6.45, 7) is 8.31. The maximum atomic E-state index is 12.5. The Morgan fingerprint density at radius 1 is 1.10 bits per heavy atom. The molecule has 0 bridgehead atoms. The van der Waals surface area contributed by atoms with Gasteiger partial charge in [-0.05, 0) is 94.4 Å². The van der Waals surface area contributed by atoms with E-state index in [0.29, 0.717) is 0 Å². The molecular formula is C26H33N3O. The van der Waals surface area contributed by atoms with Crippen molar-refractivity contribution in [3.63, 3.8) is 0 Å². The maximum Gasteiger partial charge on any atom is 0.251 e. The van der Waals surface area contributed by atoms with Gasteiger partial charge in [-0.2, -0.15) is 0 Å². The summed E-state index contributed by atoms with van der Waals surface area (Å²) in [6, 6.07) is 16.8. The predicted molar refractivity (Wildman–Crippen MR) is 124 cm³/mol. The predicted octanol–water partition coefficient (Wildman–Crippen LogP) is 4.86. The van der Waals surface area contributed by atoms with Gasteiger partial charge in [0.25, 0.3) is 5.91 Å². The first-order valence-electron chi connectivity index (χ1n) is 11.2. The number of nitrogens with one attached hydrogen (secondary N) is 2. The third kappa shape index (κ3) is 4.93. The first kappa shape index (κ1) is 20.7. The fourth-order valence-electron chi connectivity index (χ4n) is 4.57. The lowest BCUT2D eigenvalue weighted by molar-refractivity contribution is 0.0950. The highest BCUT2D eigenvalue weighted by atomic mass is 16.1. The molecule has 30 heavy (non-hydrogen) atoms. The molecule has 1 saturated heterocycles. The summed E-state index contributed by atoms with van der Waals surface area (Å²) < 4.78 is 0. The lowest BCUT2D eigenvalue weighted by atomic mass is 9.90. The molecule has 4 heteroatoms. The van der Waals surface area contributed by atoms with Crippen LogP contribution in [-0.2, 0) is 6.42 Å². The van der Waals surface area contributed by atoms with Crippen molar-refractivity contribution in [1.29, 1.82) is 0 Å². The first-order valence-corrected chi connectivity index (χ1v) is 11.2. The van der Waals surface area contributed by atoms with Gasteiger partial charge in [0.1, 0.15) is 0 Å². The Bertz CT molecular complexity index is 984. The van der Waals surface area contributed by atoms with E-state index in [1.807, 2.05) is 18.2 Å². The molecule has 158 valence electrons. The highest BCUT2D eigenvalue weighted by Crippen LogP contribution is 2.23. The molecule has 0 unspecified atom stereocenters. The van der Waals surface area contributed by atoms with Crippen LogP contribution in [0.4, 0.5) is 0 Å². The summed E-state index contributed by atoms with van der Waals surface area (Å²) in [5.74, 6) is 0.829. The molecule has 1 aliphatic rings. The van der Waals surface area contributed by atoms with Gasteiger partial charge >= 0.3 is 0 Å². The summed E-state index contributed by atoms with van der Waals surface area (Å²) in [4.78, 5) is 18.4. The summed E-state index contributed by atoms with van der Waals surface area (Å²) in [5.41, 5.74) is 5.68. The number of hydrogen-bond donors (Lipinski definition) is 2. The van der Waals surface area contributed by atoms with Crippen molar-refractivity contribution < 1.29 is 4.79 Å². The van der Waals surface area contributed by atoms with E-state index in [1.54, 1.807) is 0 Å². The highest BCUT2D eigenvalue weighted by Gasteiger charge is 2.19. The molecule has 0 aliphatic carbocycles. The van der Waals surface area contributed by atoms with Crippen molar-refractivity contribution >= 4 is 16.8 Å². The minimum atomic E-state index is 0.0247. The lowest BCUT2D eigenvalue weighted by Gasteiger charge is -2.32. The number of carbonyl (C=O) groups is 1. The third-order valence-electron chi connectivity index (χ3n) is 6.58. The molecule has 0 spiro atoms. The van der Waals surface area contributed by atoms with E-state index in [2.05, 4.69) is 59.4 Å². The Morgan fingerprint density at radius 3 is 2.63 bits per heavy atom. The molecule has 4 nitrogen and oxygen atoms in total. The number of likely N-dealkylation sites (tertiary alicyclic amines) is 1. The highest BCUT2D eigenvalue weighted by molar-refractivity contribution is 5.99. The maximum absolute atomic E-state index is 12.5. The fourth-order valence-corrected chi connectivity index (χ4v) is 4.57. The summed E-state index contributed by atoms with van der Waals surface area (Å²) in [5, 5.41) is 4.23. The number of piperidine rings is 1. The van der Waals surface area contributed by atoms with Gasteiger partial charge < -0.3 is 15.2 Å². The van der Waals surface area contributed by atoms with Gasteiger partial charge in [-0.15, -0.1) is 0 Å². The normalized spacial score (nSPS) is 15.5. The van der Waals surface area contributed by atoms with Crippen LogP contribution >= 0.6 is 0 Å². The summed E-state index contributed by atoms with van der Waals surface area (Å²) in [7, 11) is 0. The number of hydrogen-bond acceptors (Lipinski definition) is 2. The van der Waals surface area contributed by atoms with Crippen LogP contribution in [0, 0.1) is 19.8 Å². The van der Waals surface area contributed by atoms with Gasteiger partial charge in [0, 0.05) is 28.7 Å². The zero-order valence-electron chi connectivity index (χ0n) is 18.2. The van der Waals surface area contributed by atoms with Crippen molar-refractivity contribution in [3.8, 4) is 0 Å². The number of nitrogens with zero attached hydrogens (tertiary/aromatic N) is 1. The number of aromatic amines is 1. The second kappa shape index (κ2) is 9.48. The van der Waals surface area contributed by atoms with Gasteiger partial charge in [0.05, 0.1) is 0 Å². The second-order valence-electron chi connectivity index (χ2n) is 8.72. The number of H-pyrrole nitrogens is 1. The van der Waals surface area contributed by atoms with Gasteiger partial charge in [-0.3, -0.25) is 4.79 Å². The number of aromatic nitrogens is 1. The molecule has 0 radical (unpaired) electrons. The van der Waals surface area contributed by atoms with Crippen molar-refractivity contribution in [3.05, 3.63) is 70.9 Å². The Balaban J connectivity index is 1.18. The number of benzene rings is 2. The zero-order valence-corrected chi connectivity index (χ0v) is 18.2. The van der Waals surface area contributed by atoms with E-state index in [1.165, 1.54) is 43.5 Å². The van der Waals surface area contributed by atoms with Crippen LogP contribution in [0.2, 0.25) is 0 Å². The van der Waals surface area contributed by atoms with E-state index in [9.17, 15) is 4.79 Å². The van der Waals surface area contributed by atoms with Crippen molar-refractivity contribution in [1.82, 2.24) is 15.2 Å². The second-order valence-corrected chi connectivity index (χ2v) is 8.72. The number of carbonyl (C=O) groups excluding carboxylic acids is 1. The topological polar surface area (TPSA) is 48.1 Å². The van der Waals surface area contributed by atoms with Gasteiger partial charge in [-0.25, -0.2) is 0 Å². The average Bonchev–Trinajstić information content (AvgIpc) is 3.06. The van der Waals surface area contributed by atoms with Crippen LogP contribution in [0.15, 0.2) is 48.5 Å². The Morgan fingerprint density at radius 2 is 1.87 bits per heavy atom. The molecule has 2 N–H and O–H groups in total. The van der Waals surface area contributed by atoms with E-state index < -0.39 is 0 Å². The van der Waals surface area contributed by atoms with Crippen molar-refractivity contribution in [2.75, 3.05) is 26.2 Å². The smallest absolute Gasteiger partial charge is 0.251 e. The third-order valence-corrected chi connectivity index (χ3v) is 6.58.